The molecule has 7 heteroatoms. The lowest BCUT2D eigenvalue weighted by atomic mass is 9.85. The molecule has 0 aliphatic heterocycles. The first-order valence-electron chi connectivity index (χ1n) is 6.62. The summed E-state index contributed by atoms with van der Waals surface area (Å²) in [5.41, 5.74) is 0. The average Bonchev–Trinajstić information content (AvgIpc) is 2.95. The highest BCUT2D eigenvalue weighted by Gasteiger charge is 2.30. The summed E-state index contributed by atoms with van der Waals surface area (Å²) in [6, 6.07) is 3.05. The van der Waals surface area contributed by atoms with Crippen LogP contribution in [0.3, 0.4) is 0 Å². The first kappa shape index (κ1) is 15.3. The summed E-state index contributed by atoms with van der Waals surface area (Å²) in [6.45, 7) is 0. The van der Waals surface area contributed by atoms with E-state index in [1.807, 2.05) is 0 Å². The largest absolute Gasteiger partial charge is 0.494 e. The Morgan fingerprint density at radius 3 is 2.75 bits per heavy atom. The van der Waals surface area contributed by atoms with Crippen molar-refractivity contribution in [1.82, 2.24) is 4.72 Å². The van der Waals surface area contributed by atoms with E-state index >= 15 is 0 Å². The maximum atomic E-state index is 12.4. The number of hydrogen-bond donors (Lipinski definition) is 1. The Kier molecular flexibility index (Phi) is 5.02. The van der Waals surface area contributed by atoms with Crippen molar-refractivity contribution in [1.29, 1.82) is 5.26 Å². The Morgan fingerprint density at radius 1 is 1.45 bits per heavy atom. The van der Waals surface area contributed by atoms with Crippen LogP contribution < -0.4 is 9.46 Å². The van der Waals surface area contributed by atoms with Gasteiger partial charge in [0.25, 0.3) is 10.0 Å². The van der Waals surface area contributed by atoms with Crippen LogP contribution in [0.25, 0.3) is 0 Å². The molecule has 1 aromatic heterocycles. The zero-order valence-corrected chi connectivity index (χ0v) is 13.0. The summed E-state index contributed by atoms with van der Waals surface area (Å²) < 4.78 is 32.4. The van der Waals surface area contributed by atoms with E-state index in [1.54, 1.807) is 11.4 Å². The minimum atomic E-state index is -3.70. The summed E-state index contributed by atoms with van der Waals surface area (Å²) >= 11 is 1.10. The molecule has 110 valence electrons. The minimum absolute atomic E-state index is 0.106. The van der Waals surface area contributed by atoms with Gasteiger partial charge in [0.1, 0.15) is 11.8 Å². The molecule has 1 N–H and O–H groups in total. The molecule has 1 aromatic rings. The average molecular weight is 314 g/mol. The second-order valence-electron chi connectivity index (χ2n) is 4.90. The van der Waals surface area contributed by atoms with Crippen LogP contribution in [0.5, 0.6) is 5.75 Å². The lowest BCUT2D eigenvalue weighted by Crippen LogP contribution is -2.39. The van der Waals surface area contributed by atoms with Gasteiger partial charge in [-0.3, -0.25) is 0 Å². The lowest BCUT2D eigenvalue weighted by molar-refractivity contribution is 0.323. The molecule has 1 aliphatic rings. The molecule has 1 saturated carbocycles. The maximum absolute atomic E-state index is 12.4. The van der Waals surface area contributed by atoms with Crippen molar-refractivity contribution in [3.05, 3.63) is 11.4 Å². The third-order valence-electron chi connectivity index (χ3n) is 3.60. The minimum Gasteiger partial charge on any atom is -0.494 e. The number of nitrogens with zero attached hydrogens (tertiary/aromatic N) is 1. The Labute approximate surface area is 123 Å². The zero-order valence-electron chi connectivity index (χ0n) is 11.3. The van der Waals surface area contributed by atoms with Crippen LogP contribution in [0.15, 0.2) is 15.7 Å². The van der Waals surface area contributed by atoms with Crippen molar-refractivity contribution in [2.75, 3.05) is 7.11 Å². The van der Waals surface area contributed by atoms with E-state index in [2.05, 4.69) is 10.8 Å². The van der Waals surface area contributed by atoms with Crippen LogP contribution >= 0.6 is 11.3 Å². The van der Waals surface area contributed by atoms with Crippen LogP contribution in [-0.4, -0.2) is 21.6 Å². The standard InChI is InChI=1S/C13H18N2O3S2/c1-18-12-7-8-19-13(12)20(16,17)15-11(9-14)10-5-3-2-4-6-10/h7-8,10-11,15H,2-6H2,1H3/t11-/m1/s1. The van der Waals surface area contributed by atoms with Crippen molar-refractivity contribution < 1.29 is 13.2 Å². The number of sulfonamides is 1. The van der Waals surface area contributed by atoms with Gasteiger partial charge in [0.05, 0.1) is 13.2 Å². The third-order valence-corrected chi connectivity index (χ3v) is 6.49. The normalized spacial score (nSPS) is 18.4. The Balaban J connectivity index is 2.16. The molecule has 0 amide bonds. The SMILES string of the molecule is COc1ccsc1S(=O)(=O)N[C@H](C#N)C1CCCCC1. The molecule has 0 spiro atoms. The molecule has 0 bridgehead atoms. The highest BCUT2D eigenvalue weighted by molar-refractivity contribution is 7.91. The van der Waals surface area contributed by atoms with E-state index in [1.165, 1.54) is 13.5 Å². The number of thiophene rings is 1. The fraction of sp³-hybridized carbons (Fsp3) is 0.615. The molecular formula is C13H18N2O3S2. The van der Waals surface area contributed by atoms with Gasteiger partial charge in [-0.15, -0.1) is 11.3 Å². The molecular weight excluding hydrogens is 296 g/mol. The predicted molar refractivity (Wildman–Crippen MR) is 77.2 cm³/mol. The summed E-state index contributed by atoms with van der Waals surface area (Å²) in [5, 5.41) is 10.9. The number of rotatable bonds is 5. The van der Waals surface area contributed by atoms with E-state index in [4.69, 9.17) is 4.74 Å². The van der Waals surface area contributed by atoms with Gasteiger partial charge in [-0.2, -0.15) is 9.98 Å². The predicted octanol–water partition coefficient (Wildman–Crippen LogP) is 2.51. The van der Waals surface area contributed by atoms with Gasteiger partial charge in [-0.05, 0) is 30.2 Å². The van der Waals surface area contributed by atoms with Crippen LogP contribution in [0.2, 0.25) is 0 Å². The van der Waals surface area contributed by atoms with Crippen LogP contribution in [0, 0.1) is 17.2 Å². The van der Waals surface area contributed by atoms with E-state index in [0.717, 1.165) is 37.0 Å². The van der Waals surface area contributed by atoms with Crippen LogP contribution in [0.4, 0.5) is 0 Å². The van der Waals surface area contributed by atoms with E-state index in [-0.39, 0.29) is 10.1 Å². The van der Waals surface area contributed by atoms with Gasteiger partial charge in [0.2, 0.25) is 0 Å². The van der Waals surface area contributed by atoms with Gasteiger partial charge >= 0.3 is 0 Å². The number of nitriles is 1. The van der Waals surface area contributed by atoms with Crippen LogP contribution in [0.1, 0.15) is 32.1 Å². The zero-order chi connectivity index (χ0) is 14.6. The Hall–Kier alpha value is -1.10. The fourth-order valence-electron chi connectivity index (χ4n) is 2.55. The van der Waals surface area contributed by atoms with Crippen molar-refractivity contribution >= 4 is 21.4 Å². The van der Waals surface area contributed by atoms with Crippen molar-refractivity contribution in [3.63, 3.8) is 0 Å². The number of nitrogens with one attached hydrogen (secondary N) is 1. The van der Waals surface area contributed by atoms with E-state index < -0.39 is 16.1 Å². The van der Waals surface area contributed by atoms with E-state index in [9.17, 15) is 13.7 Å². The van der Waals surface area contributed by atoms with Crippen molar-refractivity contribution in [2.24, 2.45) is 5.92 Å². The fourth-order valence-corrected chi connectivity index (χ4v) is 5.05. The smallest absolute Gasteiger partial charge is 0.254 e. The highest BCUT2D eigenvalue weighted by atomic mass is 32.2. The second-order valence-corrected chi connectivity index (χ2v) is 7.73. The Bertz CT molecular complexity index is 583. The Morgan fingerprint density at radius 2 is 2.15 bits per heavy atom. The summed E-state index contributed by atoms with van der Waals surface area (Å²) in [5.74, 6) is 0.428. The van der Waals surface area contributed by atoms with Crippen molar-refractivity contribution in [3.8, 4) is 11.8 Å². The number of hydrogen-bond acceptors (Lipinski definition) is 5. The number of ether oxygens (including phenoxy) is 1. The highest BCUT2D eigenvalue weighted by Crippen LogP contribution is 2.31. The second kappa shape index (κ2) is 6.57. The van der Waals surface area contributed by atoms with Gasteiger partial charge in [0, 0.05) is 0 Å². The van der Waals surface area contributed by atoms with Gasteiger partial charge in [0.15, 0.2) is 4.21 Å². The maximum Gasteiger partial charge on any atom is 0.254 e. The summed E-state index contributed by atoms with van der Waals surface area (Å²) in [4.78, 5) is 0. The molecule has 2 rings (SSSR count). The quantitative estimate of drug-likeness (QED) is 0.905. The molecule has 5 nitrogen and oxygen atoms in total. The topological polar surface area (TPSA) is 79.2 Å². The third kappa shape index (κ3) is 3.32. The lowest BCUT2D eigenvalue weighted by Gasteiger charge is -2.26. The van der Waals surface area contributed by atoms with Gasteiger partial charge < -0.3 is 4.74 Å². The van der Waals surface area contributed by atoms with E-state index in [0.29, 0.717) is 5.75 Å². The summed E-state index contributed by atoms with van der Waals surface area (Å²) in [6.07, 6.45) is 5.10. The van der Waals surface area contributed by atoms with Gasteiger partial charge in [-0.25, -0.2) is 8.42 Å². The van der Waals surface area contributed by atoms with Gasteiger partial charge in [-0.1, -0.05) is 19.3 Å². The summed E-state index contributed by atoms with van der Waals surface area (Å²) in [7, 11) is -2.26. The molecule has 0 aromatic carbocycles. The molecule has 0 saturated heterocycles. The molecule has 1 fully saturated rings. The first-order valence-corrected chi connectivity index (χ1v) is 8.98. The molecule has 1 heterocycles. The van der Waals surface area contributed by atoms with Crippen LogP contribution in [-0.2, 0) is 10.0 Å². The molecule has 1 aliphatic carbocycles. The molecule has 0 unspecified atom stereocenters. The molecule has 0 radical (unpaired) electrons. The first-order chi connectivity index (χ1) is 9.58. The number of methoxy groups -OCH3 is 1. The molecule has 20 heavy (non-hydrogen) atoms. The monoisotopic (exact) mass is 314 g/mol. The molecule has 1 atom stereocenters. The van der Waals surface area contributed by atoms with Crippen molar-refractivity contribution in [2.45, 2.75) is 42.4 Å².